The van der Waals surface area contributed by atoms with Gasteiger partial charge in [0.2, 0.25) is 0 Å². The minimum Gasteiger partial charge on any atom is -0.369 e. The first kappa shape index (κ1) is 15.5. The van der Waals surface area contributed by atoms with Crippen LogP contribution in [0.25, 0.3) is 16.6 Å². The number of allylic oxidation sites excluding steroid dienone is 2. The van der Waals surface area contributed by atoms with Crippen LogP contribution in [0.15, 0.2) is 67.1 Å². The third kappa shape index (κ3) is 2.80. The monoisotopic (exact) mass is 331 g/mol. The Labute approximate surface area is 146 Å². The molecule has 3 heterocycles. The summed E-state index contributed by atoms with van der Waals surface area (Å²) in [6.07, 6.45) is 9.76. The lowest BCUT2D eigenvalue weighted by molar-refractivity contribution is 0.400. The molecule has 0 saturated carbocycles. The summed E-state index contributed by atoms with van der Waals surface area (Å²) < 4.78 is 13.7. The molecule has 0 radical (unpaired) electrons. The molecule has 124 valence electrons. The van der Waals surface area contributed by atoms with E-state index in [1.54, 1.807) is 13.1 Å². The van der Waals surface area contributed by atoms with E-state index in [4.69, 9.17) is 0 Å². The second-order valence-electron chi connectivity index (χ2n) is 6.31. The standard InChI is InChI=1S/C21H18FN3/c1-14-11-15(7-8-19(14)22)20-18(6-4-10-25(20)2)17-12-16-5-3-9-23-21(16)24-13-17/h3-13,20H,1-2H3. The van der Waals surface area contributed by atoms with E-state index in [0.29, 0.717) is 5.56 Å². The van der Waals surface area contributed by atoms with Crippen molar-refractivity contribution in [1.82, 2.24) is 14.9 Å². The van der Waals surface area contributed by atoms with E-state index in [0.717, 1.165) is 27.7 Å². The predicted molar refractivity (Wildman–Crippen MR) is 98.3 cm³/mol. The van der Waals surface area contributed by atoms with Crippen LogP contribution < -0.4 is 0 Å². The van der Waals surface area contributed by atoms with E-state index in [9.17, 15) is 4.39 Å². The summed E-state index contributed by atoms with van der Waals surface area (Å²) in [4.78, 5) is 10.9. The molecule has 1 unspecified atom stereocenters. The lowest BCUT2D eigenvalue weighted by Gasteiger charge is -2.32. The van der Waals surface area contributed by atoms with Gasteiger partial charge in [-0.25, -0.2) is 14.4 Å². The molecule has 3 aromatic rings. The van der Waals surface area contributed by atoms with Crippen molar-refractivity contribution in [2.45, 2.75) is 13.0 Å². The van der Waals surface area contributed by atoms with Crippen LogP contribution in [0.1, 0.15) is 22.7 Å². The Balaban J connectivity index is 1.83. The number of nitrogens with zero attached hydrogens (tertiary/aromatic N) is 3. The molecule has 1 aliphatic rings. The van der Waals surface area contributed by atoms with Gasteiger partial charge in [0.05, 0.1) is 6.04 Å². The molecule has 2 aromatic heterocycles. The van der Waals surface area contributed by atoms with E-state index in [1.807, 2.05) is 49.8 Å². The molecule has 1 aliphatic heterocycles. The average molecular weight is 331 g/mol. The Kier molecular flexibility index (Phi) is 3.80. The predicted octanol–water partition coefficient (Wildman–Crippen LogP) is 4.66. The molecule has 0 amide bonds. The number of fused-ring (bicyclic) bond motifs is 1. The highest BCUT2D eigenvalue weighted by molar-refractivity contribution is 5.82. The van der Waals surface area contributed by atoms with Gasteiger partial charge in [-0.2, -0.15) is 0 Å². The highest BCUT2D eigenvalue weighted by atomic mass is 19.1. The van der Waals surface area contributed by atoms with Gasteiger partial charge in [0.1, 0.15) is 5.82 Å². The van der Waals surface area contributed by atoms with Gasteiger partial charge in [-0.15, -0.1) is 0 Å². The van der Waals surface area contributed by atoms with Crippen molar-refractivity contribution in [2.24, 2.45) is 0 Å². The number of halogens is 1. The summed E-state index contributed by atoms with van der Waals surface area (Å²) in [6.45, 7) is 1.80. The average Bonchev–Trinajstić information content (AvgIpc) is 2.63. The molecule has 0 fully saturated rings. The van der Waals surface area contributed by atoms with Gasteiger partial charge in [0.15, 0.2) is 5.65 Å². The van der Waals surface area contributed by atoms with E-state index in [1.165, 1.54) is 6.07 Å². The van der Waals surface area contributed by atoms with Crippen molar-refractivity contribution >= 4 is 16.6 Å². The summed E-state index contributed by atoms with van der Waals surface area (Å²) in [7, 11) is 2.03. The zero-order chi connectivity index (χ0) is 17.4. The van der Waals surface area contributed by atoms with Crippen LogP contribution in [-0.4, -0.2) is 21.9 Å². The minimum absolute atomic E-state index is 0.0141. The third-order valence-corrected chi connectivity index (χ3v) is 4.58. The number of hydrogen-bond acceptors (Lipinski definition) is 3. The van der Waals surface area contributed by atoms with Crippen LogP contribution in [0.2, 0.25) is 0 Å². The second kappa shape index (κ2) is 6.13. The Morgan fingerprint density at radius 2 is 2.00 bits per heavy atom. The number of aromatic nitrogens is 2. The van der Waals surface area contributed by atoms with E-state index in [2.05, 4.69) is 27.0 Å². The first-order valence-electron chi connectivity index (χ1n) is 8.21. The fraction of sp³-hybridized carbons (Fsp3) is 0.143. The Morgan fingerprint density at radius 3 is 2.84 bits per heavy atom. The van der Waals surface area contributed by atoms with Gasteiger partial charge >= 0.3 is 0 Å². The maximum atomic E-state index is 13.7. The van der Waals surface area contributed by atoms with Crippen molar-refractivity contribution in [3.05, 3.63) is 89.7 Å². The molecule has 0 N–H and O–H groups in total. The molecule has 4 heteroatoms. The number of pyridine rings is 2. The first-order chi connectivity index (χ1) is 12.1. The SMILES string of the molecule is Cc1cc(C2C(c3cnc4ncccc4c3)=CC=CN2C)ccc1F. The number of hydrogen-bond donors (Lipinski definition) is 0. The molecule has 0 saturated heterocycles. The molecule has 0 spiro atoms. The summed E-state index contributed by atoms with van der Waals surface area (Å²) in [5, 5.41) is 1.01. The van der Waals surface area contributed by atoms with Gasteiger partial charge in [-0.3, -0.25) is 0 Å². The Bertz CT molecular complexity index is 1010. The van der Waals surface area contributed by atoms with Gasteiger partial charge in [0, 0.05) is 24.8 Å². The number of likely N-dealkylation sites (N-methyl/N-ethyl adjacent to an activating group) is 1. The molecule has 25 heavy (non-hydrogen) atoms. The maximum absolute atomic E-state index is 13.7. The molecule has 4 rings (SSSR count). The van der Waals surface area contributed by atoms with Crippen LogP contribution in [0.4, 0.5) is 4.39 Å². The first-order valence-corrected chi connectivity index (χ1v) is 8.21. The maximum Gasteiger partial charge on any atom is 0.159 e. The number of rotatable bonds is 2. The van der Waals surface area contributed by atoms with Crippen LogP contribution >= 0.6 is 0 Å². The fourth-order valence-corrected chi connectivity index (χ4v) is 3.31. The zero-order valence-electron chi connectivity index (χ0n) is 14.1. The van der Waals surface area contributed by atoms with Crippen molar-refractivity contribution in [2.75, 3.05) is 7.05 Å². The molecule has 0 aliphatic carbocycles. The second-order valence-corrected chi connectivity index (χ2v) is 6.31. The summed E-state index contributed by atoms with van der Waals surface area (Å²) in [5.74, 6) is -0.179. The molecule has 3 nitrogen and oxygen atoms in total. The zero-order valence-corrected chi connectivity index (χ0v) is 14.1. The lowest BCUT2D eigenvalue weighted by Crippen LogP contribution is -2.22. The number of benzene rings is 1. The van der Waals surface area contributed by atoms with Crippen molar-refractivity contribution in [3.63, 3.8) is 0 Å². The quantitative estimate of drug-likeness (QED) is 0.684. The highest BCUT2D eigenvalue weighted by Crippen LogP contribution is 2.37. The van der Waals surface area contributed by atoms with Gasteiger partial charge in [-0.05, 0) is 65.7 Å². The van der Waals surface area contributed by atoms with E-state index >= 15 is 0 Å². The fourth-order valence-electron chi connectivity index (χ4n) is 3.31. The largest absolute Gasteiger partial charge is 0.369 e. The van der Waals surface area contributed by atoms with E-state index < -0.39 is 0 Å². The van der Waals surface area contributed by atoms with Crippen LogP contribution in [-0.2, 0) is 0 Å². The Hall–Kier alpha value is -3.01. The van der Waals surface area contributed by atoms with Crippen molar-refractivity contribution in [1.29, 1.82) is 0 Å². The van der Waals surface area contributed by atoms with Gasteiger partial charge < -0.3 is 4.90 Å². The van der Waals surface area contributed by atoms with E-state index in [-0.39, 0.29) is 11.9 Å². The molecular weight excluding hydrogens is 313 g/mol. The molecule has 1 atom stereocenters. The van der Waals surface area contributed by atoms with Crippen LogP contribution in [0.3, 0.4) is 0 Å². The van der Waals surface area contributed by atoms with Gasteiger partial charge in [-0.1, -0.05) is 18.2 Å². The van der Waals surface area contributed by atoms with Crippen molar-refractivity contribution in [3.8, 4) is 0 Å². The number of aryl methyl sites for hydroxylation is 1. The summed E-state index contributed by atoms with van der Waals surface area (Å²) in [6, 6.07) is 11.4. The normalized spacial score (nSPS) is 17.0. The van der Waals surface area contributed by atoms with Crippen LogP contribution in [0, 0.1) is 12.7 Å². The van der Waals surface area contributed by atoms with Crippen LogP contribution in [0.5, 0.6) is 0 Å². The lowest BCUT2D eigenvalue weighted by atomic mass is 9.90. The molecule has 0 bridgehead atoms. The summed E-state index contributed by atoms with van der Waals surface area (Å²) >= 11 is 0. The van der Waals surface area contributed by atoms with Crippen molar-refractivity contribution < 1.29 is 4.39 Å². The summed E-state index contributed by atoms with van der Waals surface area (Å²) in [5.41, 5.74) is 4.63. The topological polar surface area (TPSA) is 29.0 Å². The highest BCUT2D eigenvalue weighted by Gasteiger charge is 2.24. The molecular formula is C21H18FN3. The molecule has 1 aromatic carbocycles. The smallest absolute Gasteiger partial charge is 0.159 e. The Morgan fingerprint density at radius 1 is 1.12 bits per heavy atom. The van der Waals surface area contributed by atoms with Gasteiger partial charge in [0.25, 0.3) is 0 Å². The minimum atomic E-state index is -0.179. The third-order valence-electron chi connectivity index (χ3n) is 4.58.